The predicted octanol–water partition coefficient (Wildman–Crippen LogP) is 3.28. The molecule has 0 N–H and O–H groups in total. The van der Waals surface area contributed by atoms with Gasteiger partial charge in [0.05, 0.1) is 18.2 Å². The van der Waals surface area contributed by atoms with Gasteiger partial charge in [-0.3, -0.25) is 0 Å². The fraction of sp³-hybridized carbons (Fsp3) is 0.118. The van der Waals surface area contributed by atoms with Crippen LogP contribution >= 0.6 is 0 Å². The average Bonchev–Trinajstić information content (AvgIpc) is 2.98. The molecular weight excluding hydrogens is 276 g/mol. The van der Waals surface area contributed by atoms with Crippen molar-refractivity contribution in [2.45, 2.75) is 6.92 Å². The smallest absolute Gasteiger partial charge is 0.182 e. The molecule has 0 spiro atoms. The van der Waals surface area contributed by atoms with E-state index in [9.17, 15) is 0 Å². The number of fused-ring (bicyclic) bond motifs is 1. The molecule has 0 amide bonds. The van der Waals surface area contributed by atoms with Gasteiger partial charge in [-0.05, 0) is 43.3 Å². The molecule has 0 radical (unpaired) electrons. The van der Waals surface area contributed by atoms with Gasteiger partial charge in [-0.1, -0.05) is 6.58 Å². The van der Waals surface area contributed by atoms with Crippen molar-refractivity contribution in [3.8, 4) is 17.5 Å². The molecule has 1 aromatic carbocycles. The number of pyridine rings is 1. The van der Waals surface area contributed by atoms with Gasteiger partial charge >= 0.3 is 0 Å². The van der Waals surface area contributed by atoms with Crippen LogP contribution in [0.25, 0.3) is 22.8 Å². The normalized spacial score (nSPS) is 10.4. The molecule has 2 aromatic heterocycles. The second-order valence-electron chi connectivity index (χ2n) is 4.70. The van der Waals surface area contributed by atoms with Crippen LogP contribution in [0.5, 0.6) is 0 Å². The Labute approximate surface area is 128 Å². The molecular formula is C17H14N4O. The van der Waals surface area contributed by atoms with Gasteiger partial charge in [0.25, 0.3) is 0 Å². The highest BCUT2D eigenvalue weighted by atomic mass is 16.5. The quantitative estimate of drug-likeness (QED) is 0.692. The molecule has 0 saturated carbocycles. The molecule has 0 atom stereocenters. The second-order valence-corrected chi connectivity index (χ2v) is 4.70. The van der Waals surface area contributed by atoms with Crippen molar-refractivity contribution in [1.29, 1.82) is 5.26 Å². The van der Waals surface area contributed by atoms with Crippen LogP contribution in [0.4, 0.5) is 0 Å². The SMILES string of the molecule is C=C(OCC)c1ccn2nc(-c3ccc(C#N)cc3)nc2c1. The Hall–Kier alpha value is -3.13. The van der Waals surface area contributed by atoms with E-state index in [0.29, 0.717) is 23.8 Å². The molecule has 2 heterocycles. The van der Waals surface area contributed by atoms with Crippen LogP contribution in [-0.4, -0.2) is 21.2 Å². The van der Waals surface area contributed by atoms with Crippen molar-refractivity contribution in [1.82, 2.24) is 14.6 Å². The van der Waals surface area contributed by atoms with E-state index in [1.807, 2.05) is 37.4 Å². The van der Waals surface area contributed by atoms with Crippen molar-refractivity contribution >= 4 is 11.4 Å². The maximum absolute atomic E-state index is 8.83. The van der Waals surface area contributed by atoms with Gasteiger partial charge in [0.15, 0.2) is 11.5 Å². The number of aromatic nitrogens is 3. The molecule has 0 aliphatic heterocycles. The lowest BCUT2D eigenvalue weighted by molar-refractivity contribution is 0.299. The number of rotatable bonds is 4. The third-order valence-corrected chi connectivity index (χ3v) is 3.25. The van der Waals surface area contributed by atoms with Crippen molar-refractivity contribution in [2.24, 2.45) is 0 Å². The lowest BCUT2D eigenvalue weighted by atomic mass is 10.1. The summed E-state index contributed by atoms with van der Waals surface area (Å²) in [7, 11) is 0. The van der Waals surface area contributed by atoms with E-state index in [1.165, 1.54) is 0 Å². The molecule has 22 heavy (non-hydrogen) atoms. The first-order chi connectivity index (χ1) is 10.7. The molecule has 108 valence electrons. The molecule has 0 aliphatic carbocycles. The Balaban J connectivity index is 1.98. The van der Waals surface area contributed by atoms with Crippen LogP contribution in [0.3, 0.4) is 0 Å². The number of nitrogens with zero attached hydrogens (tertiary/aromatic N) is 4. The lowest BCUT2D eigenvalue weighted by Crippen LogP contribution is -1.93. The summed E-state index contributed by atoms with van der Waals surface area (Å²) >= 11 is 0. The molecule has 0 saturated heterocycles. The predicted molar refractivity (Wildman–Crippen MR) is 83.8 cm³/mol. The first-order valence-electron chi connectivity index (χ1n) is 6.90. The van der Waals surface area contributed by atoms with Crippen LogP contribution in [0, 0.1) is 11.3 Å². The highest BCUT2D eigenvalue weighted by Gasteiger charge is 2.08. The zero-order chi connectivity index (χ0) is 15.5. The summed E-state index contributed by atoms with van der Waals surface area (Å²) in [6.07, 6.45) is 1.83. The van der Waals surface area contributed by atoms with Crippen LogP contribution in [-0.2, 0) is 4.74 Å². The van der Waals surface area contributed by atoms with Crippen LogP contribution in [0.15, 0.2) is 49.2 Å². The third kappa shape index (κ3) is 2.54. The van der Waals surface area contributed by atoms with Crippen LogP contribution in [0.2, 0.25) is 0 Å². The van der Waals surface area contributed by atoms with Crippen molar-refractivity contribution in [3.05, 3.63) is 60.3 Å². The Kier molecular flexibility index (Phi) is 3.58. The van der Waals surface area contributed by atoms with E-state index in [-0.39, 0.29) is 0 Å². The van der Waals surface area contributed by atoms with Gasteiger partial charge in [-0.2, -0.15) is 5.26 Å². The first kappa shape index (κ1) is 13.8. The Morgan fingerprint density at radius 3 is 2.77 bits per heavy atom. The zero-order valence-electron chi connectivity index (χ0n) is 12.2. The lowest BCUT2D eigenvalue weighted by Gasteiger charge is -2.06. The minimum atomic E-state index is 0.577. The Morgan fingerprint density at radius 2 is 2.09 bits per heavy atom. The number of hydrogen-bond donors (Lipinski definition) is 0. The van der Waals surface area contributed by atoms with Gasteiger partial charge in [-0.25, -0.2) is 9.50 Å². The summed E-state index contributed by atoms with van der Waals surface area (Å²) in [5.41, 5.74) is 3.08. The number of ether oxygens (including phenoxy) is 1. The van der Waals surface area contributed by atoms with E-state index in [0.717, 1.165) is 16.8 Å². The molecule has 3 rings (SSSR count). The van der Waals surface area contributed by atoms with Gasteiger partial charge in [-0.15, -0.1) is 5.10 Å². The molecule has 5 heteroatoms. The molecule has 0 unspecified atom stereocenters. The summed E-state index contributed by atoms with van der Waals surface area (Å²) < 4.78 is 7.12. The fourth-order valence-electron chi connectivity index (χ4n) is 2.13. The third-order valence-electron chi connectivity index (χ3n) is 3.25. The topological polar surface area (TPSA) is 63.2 Å². The Morgan fingerprint density at radius 1 is 1.32 bits per heavy atom. The van der Waals surface area contributed by atoms with E-state index >= 15 is 0 Å². The first-order valence-corrected chi connectivity index (χ1v) is 6.90. The van der Waals surface area contributed by atoms with Gasteiger partial charge in [0, 0.05) is 17.3 Å². The maximum atomic E-state index is 8.83. The molecule has 5 nitrogen and oxygen atoms in total. The highest BCUT2D eigenvalue weighted by molar-refractivity contribution is 5.64. The van der Waals surface area contributed by atoms with Crippen LogP contribution in [0.1, 0.15) is 18.1 Å². The number of nitriles is 1. The number of benzene rings is 1. The molecule has 0 bridgehead atoms. The van der Waals surface area contributed by atoms with Crippen molar-refractivity contribution < 1.29 is 4.74 Å². The standard InChI is InChI=1S/C17H14N4O/c1-3-22-12(2)15-8-9-21-16(10-15)19-17(20-21)14-6-4-13(11-18)5-7-14/h4-10H,2-3H2,1H3. The zero-order valence-corrected chi connectivity index (χ0v) is 12.2. The summed E-state index contributed by atoms with van der Waals surface area (Å²) in [6.45, 7) is 6.39. The largest absolute Gasteiger partial charge is 0.494 e. The molecule has 3 aromatic rings. The minimum Gasteiger partial charge on any atom is -0.494 e. The maximum Gasteiger partial charge on any atom is 0.182 e. The van der Waals surface area contributed by atoms with Gasteiger partial charge < -0.3 is 4.74 Å². The molecule has 0 aliphatic rings. The summed E-state index contributed by atoms with van der Waals surface area (Å²) in [5.74, 6) is 1.23. The highest BCUT2D eigenvalue weighted by Crippen LogP contribution is 2.19. The average molecular weight is 290 g/mol. The van der Waals surface area contributed by atoms with Crippen LogP contribution < -0.4 is 0 Å². The Bertz CT molecular complexity index is 872. The second kappa shape index (κ2) is 5.70. The van der Waals surface area contributed by atoms with Crippen molar-refractivity contribution in [3.63, 3.8) is 0 Å². The van der Waals surface area contributed by atoms with Gasteiger partial charge in [0.1, 0.15) is 5.76 Å². The summed E-state index contributed by atoms with van der Waals surface area (Å²) in [6, 6.07) is 13.1. The minimum absolute atomic E-state index is 0.577. The summed E-state index contributed by atoms with van der Waals surface area (Å²) in [4.78, 5) is 4.51. The monoisotopic (exact) mass is 290 g/mol. The molecule has 0 fully saturated rings. The van der Waals surface area contributed by atoms with E-state index < -0.39 is 0 Å². The van der Waals surface area contributed by atoms with E-state index in [4.69, 9.17) is 10.00 Å². The van der Waals surface area contributed by atoms with Crippen molar-refractivity contribution in [2.75, 3.05) is 6.61 Å². The van der Waals surface area contributed by atoms with E-state index in [1.54, 1.807) is 16.6 Å². The fourth-order valence-corrected chi connectivity index (χ4v) is 2.13. The van der Waals surface area contributed by atoms with Gasteiger partial charge in [0.2, 0.25) is 0 Å². The summed E-state index contributed by atoms with van der Waals surface area (Å²) in [5, 5.41) is 13.3. The number of hydrogen-bond acceptors (Lipinski definition) is 4. The van der Waals surface area contributed by atoms with E-state index in [2.05, 4.69) is 22.7 Å².